The number of carboxylic acids is 1. The standard InChI is InChI=1S/C28H46O3S/c1-17(6-5-7-18(2)25(32)26(30)31)22-10-11-23-21-9-8-19-16-20(29)12-14-27(19,3)24(21)13-15-28(22,23)4/h8,17-18,20-25,29,32H,5-7,9-16H2,1-4H3,(H,30,31)/t17-,18?,20+,21+,22-,23+,24+,25?,27+,28-/m1/s1. The molecular weight excluding hydrogens is 416 g/mol. The molecule has 0 saturated heterocycles. The molecule has 2 N–H and O–H groups in total. The predicted octanol–water partition coefficient (Wildman–Crippen LogP) is 6.75. The van der Waals surface area contributed by atoms with E-state index in [0.29, 0.717) is 16.7 Å². The molecule has 182 valence electrons. The van der Waals surface area contributed by atoms with Crippen LogP contribution in [0.1, 0.15) is 98.3 Å². The Morgan fingerprint density at radius 3 is 2.59 bits per heavy atom. The van der Waals surface area contributed by atoms with Gasteiger partial charge in [-0.3, -0.25) is 4.79 Å². The number of aliphatic hydroxyl groups excluding tert-OH is 1. The first-order chi connectivity index (χ1) is 15.1. The lowest BCUT2D eigenvalue weighted by molar-refractivity contribution is -0.137. The van der Waals surface area contributed by atoms with Gasteiger partial charge in [-0.1, -0.05) is 52.2 Å². The van der Waals surface area contributed by atoms with Crippen LogP contribution in [0, 0.1) is 46.3 Å². The van der Waals surface area contributed by atoms with Crippen molar-refractivity contribution in [2.45, 2.75) is 110 Å². The van der Waals surface area contributed by atoms with E-state index in [1.807, 2.05) is 6.92 Å². The van der Waals surface area contributed by atoms with Crippen LogP contribution in [-0.4, -0.2) is 27.5 Å². The van der Waals surface area contributed by atoms with Crippen molar-refractivity contribution >= 4 is 18.6 Å². The van der Waals surface area contributed by atoms with Crippen LogP contribution in [0.5, 0.6) is 0 Å². The minimum atomic E-state index is -0.789. The second-order valence-corrected chi connectivity index (χ2v) is 13.1. The molecule has 0 spiro atoms. The van der Waals surface area contributed by atoms with E-state index < -0.39 is 11.2 Å². The Morgan fingerprint density at radius 1 is 1.12 bits per heavy atom. The number of carboxylic acid groups (broad SMARTS) is 1. The van der Waals surface area contributed by atoms with E-state index in [-0.39, 0.29) is 12.0 Å². The summed E-state index contributed by atoms with van der Waals surface area (Å²) in [7, 11) is 0. The van der Waals surface area contributed by atoms with Crippen LogP contribution in [0.25, 0.3) is 0 Å². The molecule has 0 amide bonds. The largest absolute Gasteiger partial charge is 0.480 e. The highest BCUT2D eigenvalue weighted by atomic mass is 32.1. The van der Waals surface area contributed by atoms with Crippen molar-refractivity contribution < 1.29 is 15.0 Å². The highest BCUT2D eigenvalue weighted by molar-refractivity contribution is 7.81. The third kappa shape index (κ3) is 4.21. The normalized spacial score (nSPS) is 43.9. The zero-order chi connectivity index (χ0) is 23.3. The van der Waals surface area contributed by atoms with Gasteiger partial charge in [0, 0.05) is 0 Å². The zero-order valence-corrected chi connectivity index (χ0v) is 21.6. The van der Waals surface area contributed by atoms with Gasteiger partial charge in [0.25, 0.3) is 0 Å². The van der Waals surface area contributed by atoms with Crippen LogP contribution in [0.15, 0.2) is 11.6 Å². The lowest BCUT2D eigenvalue weighted by atomic mass is 9.47. The fourth-order valence-corrected chi connectivity index (χ4v) is 9.13. The third-order valence-corrected chi connectivity index (χ3v) is 11.7. The SMILES string of the molecule is CC(CCC[C@@H](C)[C@H]1CC[C@H]2[C@@H]3CC=C4C[C@@H](O)CC[C@]4(C)[C@H]3CC[C@]12C)C(S)C(=O)O. The molecule has 0 aliphatic heterocycles. The van der Waals surface area contributed by atoms with Crippen molar-refractivity contribution in [2.75, 3.05) is 0 Å². The van der Waals surface area contributed by atoms with E-state index >= 15 is 0 Å². The summed E-state index contributed by atoms with van der Waals surface area (Å²) in [4.78, 5) is 11.2. The maximum absolute atomic E-state index is 11.2. The van der Waals surface area contributed by atoms with Gasteiger partial charge in [0.15, 0.2) is 0 Å². The molecule has 4 heteroatoms. The molecule has 0 heterocycles. The highest BCUT2D eigenvalue weighted by Crippen LogP contribution is 2.67. The minimum absolute atomic E-state index is 0.118. The van der Waals surface area contributed by atoms with E-state index in [9.17, 15) is 15.0 Å². The molecular formula is C28H46O3S. The summed E-state index contributed by atoms with van der Waals surface area (Å²) in [6.45, 7) is 9.63. The topological polar surface area (TPSA) is 57.5 Å². The molecule has 3 saturated carbocycles. The van der Waals surface area contributed by atoms with Gasteiger partial charge >= 0.3 is 5.97 Å². The predicted molar refractivity (Wildman–Crippen MR) is 134 cm³/mol. The summed E-state index contributed by atoms with van der Waals surface area (Å²) in [6, 6.07) is 0. The summed E-state index contributed by atoms with van der Waals surface area (Å²) >= 11 is 4.28. The van der Waals surface area contributed by atoms with Crippen molar-refractivity contribution in [3.63, 3.8) is 0 Å². The lowest BCUT2D eigenvalue weighted by Crippen LogP contribution is -2.50. The number of hydrogen-bond acceptors (Lipinski definition) is 3. The molecule has 3 fully saturated rings. The molecule has 3 nitrogen and oxygen atoms in total. The first-order valence-corrected chi connectivity index (χ1v) is 13.9. The van der Waals surface area contributed by atoms with Crippen molar-refractivity contribution in [3.05, 3.63) is 11.6 Å². The highest BCUT2D eigenvalue weighted by Gasteiger charge is 2.59. The van der Waals surface area contributed by atoms with Gasteiger partial charge in [0.05, 0.1) is 6.10 Å². The van der Waals surface area contributed by atoms with Crippen LogP contribution in [-0.2, 0) is 4.79 Å². The third-order valence-electron chi connectivity index (χ3n) is 10.9. The van der Waals surface area contributed by atoms with Gasteiger partial charge in [-0.15, -0.1) is 0 Å². The molecule has 4 aliphatic carbocycles. The van der Waals surface area contributed by atoms with E-state index in [1.165, 1.54) is 44.9 Å². The van der Waals surface area contributed by atoms with Crippen molar-refractivity contribution in [3.8, 4) is 0 Å². The van der Waals surface area contributed by atoms with E-state index in [0.717, 1.165) is 49.4 Å². The number of rotatable bonds is 7. The second-order valence-electron chi connectivity index (χ2n) is 12.6. The molecule has 10 atom stereocenters. The second kappa shape index (κ2) is 9.29. The Morgan fingerprint density at radius 2 is 1.88 bits per heavy atom. The van der Waals surface area contributed by atoms with Crippen LogP contribution in [0.3, 0.4) is 0 Å². The van der Waals surface area contributed by atoms with Crippen molar-refractivity contribution in [2.24, 2.45) is 46.3 Å². The summed E-state index contributed by atoms with van der Waals surface area (Å²) in [5, 5.41) is 18.9. The van der Waals surface area contributed by atoms with Crippen LogP contribution in [0.4, 0.5) is 0 Å². The zero-order valence-electron chi connectivity index (χ0n) is 20.7. The number of fused-ring (bicyclic) bond motifs is 5. The maximum Gasteiger partial charge on any atom is 0.316 e. The number of aliphatic carboxylic acids is 1. The number of hydrogen-bond donors (Lipinski definition) is 3. The number of allylic oxidation sites excluding steroid dienone is 1. The molecule has 0 aromatic rings. The molecule has 0 aromatic carbocycles. The van der Waals surface area contributed by atoms with Gasteiger partial charge < -0.3 is 10.2 Å². The van der Waals surface area contributed by atoms with Crippen LogP contribution < -0.4 is 0 Å². The van der Waals surface area contributed by atoms with E-state index in [4.69, 9.17) is 0 Å². The Hall–Kier alpha value is -0.480. The first-order valence-electron chi connectivity index (χ1n) is 13.4. The van der Waals surface area contributed by atoms with Gasteiger partial charge in [-0.05, 0) is 104 Å². The smallest absolute Gasteiger partial charge is 0.316 e. The quantitative estimate of drug-likeness (QED) is 0.290. The number of thiol groups is 1. The molecule has 2 unspecified atom stereocenters. The average molecular weight is 463 g/mol. The minimum Gasteiger partial charge on any atom is -0.480 e. The van der Waals surface area contributed by atoms with E-state index in [1.54, 1.807) is 5.57 Å². The Bertz CT molecular complexity index is 734. The molecule has 0 aromatic heterocycles. The first kappa shape index (κ1) is 24.6. The number of aliphatic hydroxyl groups is 1. The Kier molecular flexibility index (Phi) is 7.15. The molecule has 0 radical (unpaired) electrons. The fraction of sp³-hybridized carbons (Fsp3) is 0.893. The van der Waals surface area contributed by atoms with E-state index in [2.05, 4.69) is 39.5 Å². The van der Waals surface area contributed by atoms with Gasteiger partial charge in [-0.2, -0.15) is 12.6 Å². The van der Waals surface area contributed by atoms with Gasteiger partial charge in [0.2, 0.25) is 0 Å². The summed E-state index contributed by atoms with van der Waals surface area (Å²) in [5.74, 6) is 3.35. The van der Waals surface area contributed by atoms with Crippen molar-refractivity contribution in [1.29, 1.82) is 0 Å². The Labute approximate surface area is 201 Å². The van der Waals surface area contributed by atoms with Gasteiger partial charge in [-0.25, -0.2) is 0 Å². The maximum atomic E-state index is 11.2. The summed E-state index contributed by atoms with van der Waals surface area (Å²) in [5.41, 5.74) is 2.37. The Balaban J connectivity index is 1.40. The summed E-state index contributed by atoms with van der Waals surface area (Å²) < 4.78 is 0. The molecule has 4 aliphatic rings. The monoisotopic (exact) mass is 462 g/mol. The molecule has 32 heavy (non-hydrogen) atoms. The lowest BCUT2D eigenvalue weighted by Gasteiger charge is -2.58. The fourth-order valence-electron chi connectivity index (χ4n) is 8.98. The van der Waals surface area contributed by atoms with Gasteiger partial charge in [0.1, 0.15) is 5.25 Å². The average Bonchev–Trinajstić information content (AvgIpc) is 3.10. The van der Waals surface area contributed by atoms with Crippen molar-refractivity contribution in [1.82, 2.24) is 0 Å². The number of carbonyl (C=O) groups is 1. The molecule has 0 bridgehead atoms. The van der Waals surface area contributed by atoms with Crippen LogP contribution >= 0.6 is 12.6 Å². The van der Waals surface area contributed by atoms with Crippen LogP contribution in [0.2, 0.25) is 0 Å². The summed E-state index contributed by atoms with van der Waals surface area (Å²) in [6.07, 6.45) is 15.5. The molecule has 4 rings (SSSR count).